The molecular formula is C25H33N5O3. The molecule has 4 rings (SSSR count). The standard InChI is InChI=1S/C25H33N5O3/c1-4-15(2)9-22(31)29-20-6-5-18-7-16(3)8-19-10-21(30(23(18)19)25(20)33)24(32)28-13-17-11-26-14-27-12-17/h8,11-12,14-16,20-21H,4-7,9-10,13H2,1-3H3,(H,28,32)(H,29,31). The monoisotopic (exact) mass is 451 g/mol. The topological polar surface area (TPSA) is 104 Å². The van der Waals surface area contributed by atoms with E-state index in [0.717, 1.165) is 36.1 Å². The van der Waals surface area contributed by atoms with Gasteiger partial charge in [0.05, 0.1) is 0 Å². The minimum atomic E-state index is -0.615. The van der Waals surface area contributed by atoms with Gasteiger partial charge in [-0.05, 0) is 42.2 Å². The van der Waals surface area contributed by atoms with E-state index in [1.807, 2.05) is 6.92 Å². The minimum Gasteiger partial charge on any atom is -0.350 e. The summed E-state index contributed by atoms with van der Waals surface area (Å²) in [6.45, 7) is 6.55. The molecule has 176 valence electrons. The number of aromatic nitrogens is 2. The summed E-state index contributed by atoms with van der Waals surface area (Å²) in [7, 11) is 0. The molecule has 1 aliphatic carbocycles. The molecule has 4 unspecified atom stereocenters. The van der Waals surface area contributed by atoms with E-state index in [1.165, 1.54) is 11.9 Å². The lowest BCUT2D eigenvalue weighted by molar-refractivity contribution is -0.140. The second kappa shape index (κ2) is 9.85. The van der Waals surface area contributed by atoms with E-state index in [4.69, 9.17) is 0 Å². The van der Waals surface area contributed by atoms with E-state index >= 15 is 0 Å². The van der Waals surface area contributed by atoms with Crippen LogP contribution in [0.3, 0.4) is 0 Å². The molecule has 1 saturated heterocycles. The lowest BCUT2D eigenvalue weighted by Crippen LogP contribution is -2.52. The summed E-state index contributed by atoms with van der Waals surface area (Å²) < 4.78 is 0. The Kier molecular flexibility index (Phi) is 6.91. The van der Waals surface area contributed by atoms with E-state index in [9.17, 15) is 14.4 Å². The van der Waals surface area contributed by atoms with E-state index in [2.05, 4.69) is 40.5 Å². The summed E-state index contributed by atoms with van der Waals surface area (Å²) in [5, 5.41) is 5.92. The van der Waals surface area contributed by atoms with Gasteiger partial charge >= 0.3 is 0 Å². The predicted molar refractivity (Wildman–Crippen MR) is 123 cm³/mol. The van der Waals surface area contributed by atoms with Gasteiger partial charge in [-0.2, -0.15) is 0 Å². The van der Waals surface area contributed by atoms with Crippen LogP contribution < -0.4 is 10.6 Å². The molecule has 33 heavy (non-hydrogen) atoms. The number of nitrogens with one attached hydrogen (secondary N) is 2. The lowest BCUT2D eigenvalue weighted by atomic mass is 9.87. The van der Waals surface area contributed by atoms with Crippen LogP contribution in [0.25, 0.3) is 0 Å². The summed E-state index contributed by atoms with van der Waals surface area (Å²) >= 11 is 0. The fourth-order valence-electron chi connectivity index (χ4n) is 5.02. The predicted octanol–water partition coefficient (Wildman–Crippen LogP) is 2.63. The molecule has 1 fully saturated rings. The van der Waals surface area contributed by atoms with Gasteiger partial charge in [-0.25, -0.2) is 9.97 Å². The molecular weight excluding hydrogens is 418 g/mol. The largest absolute Gasteiger partial charge is 0.350 e. The molecule has 3 aliphatic rings. The number of amides is 3. The van der Waals surface area contributed by atoms with Gasteiger partial charge in [-0.15, -0.1) is 0 Å². The molecule has 2 N–H and O–H groups in total. The van der Waals surface area contributed by atoms with Crippen molar-refractivity contribution < 1.29 is 14.4 Å². The lowest BCUT2D eigenvalue weighted by Gasteiger charge is -2.29. The minimum absolute atomic E-state index is 0.101. The highest BCUT2D eigenvalue weighted by molar-refractivity contribution is 5.95. The second-order valence-corrected chi connectivity index (χ2v) is 9.59. The quantitative estimate of drug-likeness (QED) is 0.663. The molecule has 4 atom stereocenters. The summed E-state index contributed by atoms with van der Waals surface area (Å²) in [6, 6.07) is -1.23. The Morgan fingerprint density at radius 3 is 2.73 bits per heavy atom. The maximum Gasteiger partial charge on any atom is 0.250 e. The average Bonchev–Trinajstić information content (AvgIpc) is 3.13. The van der Waals surface area contributed by atoms with Crippen molar-refractivity contribution in [1.82, 2.24) is 25.5 Å². The fraction of sp³-hybridized carbons (Fsp3) is 0.560. The number of allylic oxidation sites excluding steroid dienone is 3. The van der Waals surface area contributed by atoms with E-state index < -0.39 is 12.1 Å². The van der Waals surface area contributed by atoms with Gasteiger partial charge in [0.15, 0.2) is 0 Å². The first-order valence-electron chi connectivity index (χ1n) is 11.9. The summed E-state index contributed by atoms with van der Waals surface area (Å²) in [5.74, 6) is 0.151. The van der Waals surface area contributed by atoms with Crippen molar-refractivity contribution in [2.45, 2.75) is 77.9 Å². The molecule has 2 aliphatic heterocycles. The molecule has 8 nitrogen and oxygen atoms in total. The first kappa shape index (κ1) is 23.1. The molecule has 0 bridgehead atoms. The third-order valence-corrected chi connectivity index (χ3v) is 6.88. The van der Waals surface area contributed by atoms with Crippen LogP contribution >= 0.6 is 0 Å². The Hall–Kier alpha value is -3.03. The molecule has 3 heterocycles. The molecule has 1 aromatic heterocycles. The first-order valence-corrected chi connectivity index (χ1v) is 11.9. The highest BCUT2D eigenvalue weighted by atomic mass is 16.2. The normalized spacial score (nSPS) is 25.2. The SMILES string of the molecule is CCC(C)CC(=O)NC1CCC2=C3C(=CC(C)C2)CC(C(=O)NCc2cncnc2)N3C1=O. The number of hydrogen-bond donors (Lipinski definition) is 2. The Morgan fingerprint density at radius 2 is 2.00 bits per heavy atom. The summed E-state index contributed by atoms with van der Waals surface area (Å²) in [4.78, 5) is 49.1. The van der Waals surface area contributed by atoms with Crippen LogP contribution in [0.15, 0.2) is 41.6 Å². The zero-order valence-corrected chi connectivity index (χ0v) is 19.6. The van der Waals surface area contributed by atoms with Crippen LogP contribution in [-0.4, -0.2) is 44.7 Å². The summed E-state index contributed by atoms with van der Waals surface area (Å²) in [6.07, 6.45) is 11.0. The Bertz CT molecular complexity index is 987. The van der Waals surface area contributed by atoms with Crippen LogP contribution in [0.1, 0.15) is 64.9 Å². The molecule has 0 saturated carbocycles. The third kappa shape index (κ3) is 4.99. The van der Waals surface area contributed by atoms with Crippen molar-refractivity contribution in [2.24, 2.45) is 11.8 Å². The van der Waals surface area contributed by atoms with Gasteiger partial charge in [0.1, 0.15) is 18.4 Å². The van der Waals surface area contributed by atoms with Crippen molar-refractivity contribution in [2.75, 3.05) is 0 Å². The second-order valence-electron chi connectivity index (χ2n) is 9.59. The summed E-state index contributed by atoms with van der Waals surface area (Å²) in [5.41, 5.74) is 4.01. The average molecular weight is 452 g/mol. The Balaban J connectivity index is 1.55. The fourth-order valence-corrected chi connectivity index (χ4v) is 5.02. The molecule has 8 heteroatoms. The molecule has 1 aromatic rings. The van der Waals surface area contributed by atoms with Gasteiger partial charge in [0, 0.05) is 43.0 Å². The van der Waals surface area contributed by atoms with Crippen molar-refractivity contribution in [3.05, 3.63) is 47.2 Å². The van der Waals surface area contributed by atoms with Crippen molar-refractivity contribution >= 4 is 17.7 Å². The van der Waals surface area contributed by atoms with Crippen LogP contribution in [0.2, 0.25) is 0 Å². The third-order valence-electron chi connectivity index (χ3n) is 6.88. The molecule has 0 aromatic carbocycles. The van der Waals surface area contributed by atoms with E-state index in [1.54, 1.807) is 17.3 Å². The first-order chi connectivity index (χ1) is 15.9. The smallest absolute Gasteiger partial charge is 0.250 e. The highest BCUT2D eigenvalue weighted by Gasteiger charge is 2.46. The molecule has 3 amide bonds. The maximum atomic E-state index is 13.7. The van der Waals surface area contributed by atoms with Gasteiger partial charge in [0.25, 0.3) is 0 Å². The number of carbonyl (C=O) groups excluding carboxylic acids is 3. The van der Waals surface area contributed by atoms with Crippen LogP contribution in [0.5, 0.6) is 0 Å². The van der Waals surface area contributed by atoms with Crippen LogP contribution in [-0.2, 0) is 20.9 Å². The van der Waals surface area contributed by atoms with E-state index in [0.29, 0.717) is 31.7 Å². The number of hydrogen-bond acceptors (Lipinski definition) is 5. The Morgan fingerprint density at radius 1 is 1.24 bits per heavy atom. The van der Waals surface area contributed by atoms with Crippen molar-refractivity contribution in [1.29, 1.82) is 0 Å². The molecule has 0 radical (unpaired) electrons. The zero-order chi connectivity index (χ0) is 23.5. The van der Waals surface area contributed by atoms with Gasteiger partial charge < -0.3 is 10.6 Å². The number of carbonyl (C=O) groups is 3. The van der Waals surface area contributed by atoms with Gasteiger partial charge in [0.2, 0.25) is 17.7 Å². The van der Waals surface area contributed by atoms with Crippen LogP contribution in [0.4, 0.5) is 0 Å². The van der Waals surface area contributed by atoms with Crippen LogP contribution in [0, 0.1) is 11.8 Å². The van der Waals surface area contributed by atoms with Gasteiger partial charge in [-0.3, -0.25) is 19.3 Å². The highest BCUT2D eigenvalue weighted by Crippen LogP contribution is 2.44. The van der Waals surface area contributed by atoms with Crippen molar-refractivity contribution in [3.63, 3.8) is 0 Å². The van der Waals surface area contributed by atoms with Crippen molar-refractivity contribution in [3.8, 4) is 0 Å². The van der Waals surface area contributed by atoms with E-state index in [-0.39, 0.29) is 23.6 Å². The molecule has 0 spiro atoms. The number of rotatable bonds is 7. The van der Waals surface area contributed by atoms with Gasteiger partial charge in [-0.1, -0.05) is 33.3 Å². The zero-order valence-electron chi connectivity index (χ0n) is 19.6. The Labute approximate surface area is 194 Å². The maximum absolute atomic E-state index is 13.7. The number of nitrogens with zero attached hydrogens (tertiary/aromatic N) is 3.